The summed E-state index contributed by atoms with van der Waals surface area (Å²) in [6, 6.07) is 9.91. The van der Waals surface area contributed by atoms with Crippen molar-refractivity contribution in [1.29, 1.82) is 0 Å². The largest absolute Gasteiger partial charge is 0.445 e. The lowest BCUT2D eigenvalue weighted by Gasteiger charge is -2.36. The number of likely N-dealkylation sites (tertiary alicyclic amines) is 1. The van der Waals surface area contributed by atoms with Gasteiger partial charge in [-0.1, -0.05) is 30.3 Å². The highest BCUT2D eigenvalue weighted by Gasteiger charge is 2.49. The summed E-state index contributed by atoms with van der Waals surface area (Å²) < 4.78 is 10.9. The first-order valence-electron chi connectivity index (χ1n) is 9.18. The highest BCUT2D eigenvalue weighted by Crippen LogP contribution is 2.40. The van der Waals surface area contributed by atoms with Crippen molar-refractivity contribution in [2.45, 2.75) is 57.9 Å². The third kappa shape index (κ3) is 4.11. The Hall–Kier alpha value is -2.24. The van der Waals surface area contributed by atoms with Crippen molar-refractivity contribution in [2.24, 2.45) is 5.92 Å². The Morgan fingerprint density at radius 2 is 1.88 bits per heavy atom. The monoisotopic (exact) mass is 360 g/mol. The Kier molecular flexibility index (Phi) is 5.12. The van der Waals surface area contributed by atoms with E-state index in [1.807, 2.05) is 56.0 Å². The van der Waals surface area contributed by atoms with Gasteiger partial charge in [0.15, 0.2) is 0 Å². The first-order valence-corrected chi connectivity index (χ1v) is 9.18. The lowest BCUT2D eigenvalue weighted by atomic mass is 10.0. The summed E-state index contributed by atoms with van der Waals surface area (Å²) in [5.41, 5.74) is 0.481. The number of fused-ring (bicyclic) bond motifs is 2. The fraction of sp³-hybridized carbons (Fsp3) is 0.600. The number of nitrogens with zero attached hydrogens (tertiary/aromatic N) is 2. The summed E-state index contributed by atoms with van der Waals surface area (Å²) in [5.74, 6) is 0.279. The molecule has 0 radical (unpaired) electrons. The Balaban J connectivity index is 1.51. The maximum Gasteiger partial charge on any atom is 0.410 e. The zero-order valence-electron chi connectivity index (χ0n) is 16.0. The van der Waals surface area contributed by atoms with Crippen LogP contribution in [0.1, 0.15) is 39.2 Å². The molecule has 1 saturated heterocycles. The molecule has 1 aromatic rings. The molecule has 1 aromatic carbocycles. The van der Waals surface area contributed by atoms with E-state index < -0.39 is 5.60 Å². The first kappa shape index (κ1) is 18.5. The van der Waals surface area contributed by atoms with Crippen LogP contribution in [0.25, 0.3) is 0 Å². The summed E-state index contributed by atoms with van der Waals surface area (Å²) in [5, 5.41) is 0. The van der Waals surface area contributed by atoms with Gasteiger partial charge in [-0.05, 0) is 45.1 Å². The van der Waals surface area contributed by atoms with Crippen LogP contribution < -0.4 is 0 Å². The third-order valence-corrected chi connectivity index (χ3v) is 5.12. The number of amides is 2. The van der Waals surface area contributed by atoms with Gasteiger partial charge in [0.25, 0.3) is 0 Å². The van der Waals surface area contributed by atoms with E-state index in [1.165, 1.54) is 0 Å². The van der Waals surface area contributed by atoms with E-state index in [1.54, 1.807) is 11.9 Å². The van der Waals surface area contributed by atoms with Gasteiger partial charge in [-0.3, -0.25) is 0 Å². The molecule has 6 heteroatoms. The van der Waals surface area contributed by atoms with E-state index in [4.69, 9.17) is 9.47 Å². The second-order valence-electron chi connectivity index (χ2n) is 8.24. The van der Waals surface area contributed by atoms with Gasteiger partial charge in [-0.15, -0.1) is 0 Å². The van der Waals surface area contributed by atoms with Crippen molar-refractivity contribution in [3.05, 3.63) is 35.9 Å². The zero-order chi connectivity index (χ0) is 18.9. The lowest BCUT2D eigenvalue weighted by Crippen LogP contribution is -2.49. The van der Waals surface area contributed by atoms with Crippen molar-refractivity contribution in [2.75, 3.05) is 13.6 Å². The van der Waals surface area contributed by atoms with Gasteiger partial charge in [-0.2, -0.15) is 0 Å². The van der Waals surface area contributed by atoms with Crippen LogP contribution in [0.3, 0.4) is 0 Å². The second kappa shape index (κ2) is 7.17. The third-order valence-electron chi connectivity index (χ3n) is 5.12. The summed E-state index contributed by atoms with van der Waals surface area (Å²) in [6.07, 6.45) is 1.13. The van der Waals surface area contributed by atoms with E-state index in [0.717, 1.165) is 18.4 Å². The van der Waals surface area contributed by atoms with Crippen molar-refractivity contribution < 1.29 is 19.1 Å². The number of hydrogen-bond acceptors (Lipinski definition) is 4. The Morgan fingerprint density at radius 3 is 2.46 bits per heavy atom. The van der Waals surface area contributed by atoms with Crippen LogP contribution in [-0.2, 0) is 16.1 Å². The molecule has 1 saturated carbocycles. The average Bonchev–Trinajstić information content (AvgIpc) is 3.19. The summed E-state index contributed by atoms with van der Waals surface area (Å²) in [7, 11) is 1.79. The molecule has 2 aliphatic rings. The highest BCUT2D eigenvalue weighted by atomic mass is 16.6. The molecule has 142 valence electrons. The molecule has 2 fully saturated rings. The minimum Gasteiger partial charge on any atom is -0.445 e. The molecular formula is C20H28N2O4. The van der Waals surface area contributed by atoms with Crippen LogP contribution >= 0.6 is 0 Å². The van der Waals surface area contributed by atoms with Crippen molar-refractivity contribution in [3.63, 3.8) is 0 Å². The number of ether oxygens (including phenoxy) is 2. The van der Waals surface area contributed by atoms with Crippen LogP contribution in [-0.4, -0.2) is 53.3 Å². The number of carbonyl (C=O) groups is 2. The molecule has 26 heavy (non-hydrogen) atoms. The lowest BCUT2D eigenvalue weighted by molar-refractivity contribution is 0.0130. The van der Waals surface area contributed by atoms with E-state index in [9.17, 15) is 9.59 Å². The molecule has 1 heterocycles. The van der Waals surface area contributed by atoms with Crippen LogP contribution in [0, 0.1) is 5.92 Å². The van der Waals surface area contributed by atoms with E-state index >= 15 is 0 Å². The Labute approximate surface area is 155 Å². The Morgan fingerprint density at radius 1 is 1.19 bits per heavy atom. The van der Waals surface area contributed by atoms with Gasteiger partial charge in [0.1, 0.15) is 12.2 Å². The molecule has 3 atom stereocenters. The van der Waals surface area contributed by atoms with Gasteiger partial charge in [0, 0.05) is 25.7 Å². The smallest absolute Gasteiger partial charge is 0.410 e. The van der Waals surface area contributed by atoms with Gasteiger partial charge in [0.05, 0.1) is 0 Å². The molecule has 0 unspecified atom stereocenters. The molecule has 0 N–H and O–H groups in total. The van der Waals surface area contributed by atoms with Gasteiger partial charge >= 0.3 is 12.2 Å². The maximum absolute atomic E-state index is 12.4. The quantitative estimate of drug-likeness (QED) is 0.825. The van der Waals surface area contributed by atoms with Crippen LogP contribution in [0.2, 0.25) is 0 Å². The van der Waals surface area contributed by atoms with Crippen LogP contribution in [0.4, 0.5) is 9.59 Å². The molecule has 0 spiro atoms. The minimum atomic E-state index is -0.490. The SMILES string of the molecule is CN(C(=O)OCc1ccccc1)[C@@H]1C[C@@H]2C[C@H]1CN2C(=O)OC(C)(C)C. The molecule has 6 nitrogen and oxygen atoms in total. The molecule has 1 aliphatic heterocycles. The van der Waals surface area contributed by atoms with E-state index in [0.29, 0.717) is 6.54 Å². The number of piperidine rings is 1. The van der Waals surface area contributed by atoms with Gasteiger partial charge in [0.2, 0.25) is 0 Å². The standard InChI is InChI=1S/C20H28N2O4/c1-20(2,3)26-19(24)22-12-15-10-16(22)11-17(15)21(4)18(23)25-13-14-8-6-5-7-9-14/h5-9,15-17H,10-13H2,1-4H3/t15-,16-,17+/m0/s1. The summed E-state index contributed by atoms with van der Waals surface area (Å²) in [6.45, 7) is 6.53. The molecule has 1 aliphatic carbocycles. The molecular weight excluding hydrogens is 332 g/mol. The predicted molar refractivity (Wildman–Crippen MR) is 97.6 cm³/mol. The normalized spacial score (nSPS) is 24.5. The topological polar surface area (TPSA) is 59.1 Å². The van der Waals surface area contributed by atoms with Crippen molar-refractivity contribution in [1.82, 2.24) is 9.80 Å². The fourth-order valence-electron chi connectivity index (χ4n) is 3.90. The van der Waals surface area contributed by atoms with Gasteiger partial charge < -0.3 is 19.3 Å². The second-order valence-corrected chi connectivity index (χ2v) is 8.24. The average molecular weight is 360 g/mol. The minimum absolute atomic E-state index is 0.113. The number of hydrogen-bond donors (Lipinski definition) is 0. The van der Waals surface area contributed by atoms with E-state index in [-0.39, 0.29) is 36.8 Å². The maximum atomic E-state index is 12.4. The van der Waals surface area contributed by atoms with Crippen LogP contribution in [0.15, 0.2) is 30.3 Å². The number of rotatable bonds is 3. The number of carbonyl (C=O) groups excluding carboxylic acids is 2. The zero-order valence-corrected chi connectivity index (χ0v) is 16.0. The van der Waals surface area contributed by atoms with Crippen molar-refractivity contribution >= 4 is 12.2 Å². The molecule has 2 bridgehead atoms. The Bertz CT molecular complexity index is 656. The van der Waals surface area contributed by atoms with Gasteiger partial charge in [-0.25, -0.2) is 9.59 Å². The summed E-state index contributed by atoms with van der Waals surface area (Å²) >= 11 is 0. The predicted octanol–water partition coefficient (Wildman–Crippen LogP) is 3.65. The molecule has 2 amide bonds. The highest BCUT2D eigenvalue weighted by molar-refractivity contribution is 5.70. The molecule has 0 aromatic heterocycles. The van der Waals surface area contributed by atoms with Crippen molar-refractivity contribution in [3.8, 4) is 0 Å². The van der Waals surface area contributed by atoms with E-state index in [2.05, 4.69) is 0 Å². The molecule has 3 rings (SSSR count). The summed E-state index contributed by atoms with van der Waals surface area (Å²) in [4.78, 5) is 28.2. The number of benzene rings is 1. The first-order chi connectivity index (χ1) is 12.2. The van der Waals surface area contributed by atoms with Crippen LogP contribution in [0.5, 0.6) is 0 Å². The fourth-order valence-corrected chi connectivity index (χ4v) is 3.90.